The van der Waals surface area contributed by atoms with Gasteiger partial charge in [-0.1, -0.05) is 29.0 Å². The first-order valence-electron chi connectivity index (χ1n) is 8.22. The number of benzene rings is 2. The Balaban J connectivity index is 1.70. The fourth-order valence-electron chi connectivity index (χ4n) is 2.69. The number of para-hydroxylation sites is 1. The fraction of sp³-hybridized carbons (Fsp3) is 0.105. The number of carbonyl (C=O) groups excluding carboxylic acids is 1. The van der Waals surface area contributed by atoms with E-state index in [0.29, 0.717) is 34.3 Å². The summed E-state index contributed by atoms with van der Waals surface area (Å²) in [6.45, 7) is 0.874. The summed E-state index contributed by atoms with van der Waals surface area (Å²) >= 11 is 7.62. The second-order valence-electron chi connectivity index (χ2n) is 5.82. The van der Waals surface area contributed by atoms with Crippen LogP contribution in [0.15, 0.2) is 60.9 Å². The average Bonchev–Trinajstić information content (AvgIpc) is 3.33. The number of anilines is 1. The summed E-state index contributed by atoms with van der Waals surface area (Å²) in [6, 6.07) is 12.8. The van der Waals surface area contributed by atoms with Crippen molar-refractivity contribution < 1.29 is 9.18 Å². The molecule has 1 amide bonds. The number of aromatic nitrogens is 3. The fourth-order valence-corrected chi connectivity index (χ4v) is 3.98. The second-order valence-corrected chi connectivity index (χ2v) is 7.23. The van der Waals surface area contributed by atoms with Crippen molar-refractivity contribution in [2.24, 2.45) is 0 Å². The van der Waals surface area contributed by atoms with E-state index in [-0.39, 0.29) is 11.7 Å². The molecule has 0 radical (unpaired) electrons. The van der Waals surface area contributed by atoms with Crippen LogP contribution in [0.25, 0.3) is 10.2 Å². The first kappa shape index (κ1) is 17.6. The van der Waals surface area contributed by atoms with Gasteiger partial charge in [-0.3, -0.25) is 14.4 Å². The molecule has 0 aliphatic rings. The van der Waals surface area contributed by atoms with Crippen molar-refractivity contribution in [3.05, 3.63) is 77.3 Å². The molecule has 0 spiro atoms. The Morgan fingerprint density at radius 3 is 2.70 bits per heavy atom. The van der Waals surface area contributed by atoms with Crippen LogP contribution in [0.1, 0.15) is 10.4 Å². The molecule has 0 aliphatic carbocycles. The molecule has 27 heavy (non-hydrogen) atoms. The van der Waals surface area contributed by atoms with Crippen molar-refractivity contribution in [1.29, 1.82) is 0 Å². The van der Waals surface area contributed by atoms with Crippen molar-refractivity contribution in [2.45, 2.75) is 6.54 Å². The Morgan fingerprint density at radius 2 is 2.00 bits per heavy atom. The third-order valence-electron chi connectivity index (χ3n) is 4.04. The topological polar surface area (TPSA) is 51.0 Å². The van der Waals surface area contributed by atoms with Gasteiger partial charge in [0.25, 0.3) is 5.91 Å². The van der Waals surface area contributed by atoms with E-state index in [9.17, 15) is 9.18 Å². The van der Waals surface area contributed by atoms with Crippen molar-refractivity contribution in [1.82, 2.24) is 14.8 Å². The van der Waals surface area contributed by atoms with Crippen LogP contribution in [-0.2, 0) is 6.54 Å². The smallest absolute Gasteiger partial charge is 0.260 e. The summed E-state index contributed by atoms with van der Waals surface area (Å²) in [5, 5.41) is 5.25. The minimum Gasteiger partial charge on any atom is -0.282 e. The third kappa shape index (κ3) is 3.70. The first-order valence-corrected chi connectivity index (χ1v) is 9.41. The van der Waals surface area contributed by atoms with E-state index in [1.807, 2.05) is 24.4 Å². The SMILES string of the molecule is O=C(c1ccc(F)cc1)N(CCn1cccn1)c1nc2c(Cl)cccc2s1. The molecule has 0 unspecified atom stereocenters. The molecule has 0 bridgehead atoms. The number of nitrogens with zero attached hydrogens (tertiary/aromatic N) is 4. The van der Waals surface area contributed by atoms with Crippen LogP contribution in [0, 0.1) is 5.82 Å². The molecular weight excluding hydrogens is 387 g/mol. The van der Waals surface area contributed by atoms with Gasteiger partial charge < -0.3 is 0 Å². The lowest BCUT2D eigenvalue weighted by atomic mass is 10.2. The normalized spacial score (nSPS) is 11.0. The van der Waals surface area contributed by atoms with Gasteiger partial charge >= 0.3 is 0 Å². The molecule has 0 saturated carbocycles. The molecule has 0 fully saturated rings. The Labute approximate surface area is 163 Å². The zero-order chi connectivity index (χ0) is 18.8. The van der Waals surface area contributed by atoms with Gasteiger partial charge in [-0.25, -0.2) is 9.37 Å². The highest BCUT2D eigenvalue weighted by atomic mass is 35.5. The number of fused-ring (bicyclic) bond motifs is 1. The summed E-state index contributed by atoms with van der Waals surface area (Å²) < 4.78 is 15.9. The zero-order valence-corrected chi connectivity index (χ0v) is 15.6. The maximum absolute atomic E-state index is 13.2. The minimum absolute atomic E-state index is 0.252. The molecule has 8 heteroatoms. The van der Waals surface area contributed by atoms with Crippen LogP contribution in [0.2, 0.25) is 5.02 Å². The molecule has 136 valence electrons. The van der Waals surface area contributed by atoms with E-state index >= 15 is 0 Å². The van der Waals surface area contributed by atoms with Crippen LogP contribution in [0.5, 0.6) is 0 Å². The highest BCUT2D eigenvalue weighted by molar-refractivity contribution is 7.22. The van der Waals surface area contributed by atoms with E-state index < -0.39 is 0 Å². The predicted octanol–water partition coefficient (Wildman–Crippen LogP) is 4.63. The van der Waals surface area contributed by atoms with E-state index in [0.717, 1.165) is 4.70 Å². The van der Waals surface area contributed by atoms with Gasteiger partial charge in [0, 0.05) is 24.5 Å². The Kier molecular flexibility index (Phi) is 4.87. The summed E-state index contributed by atoms with van der Waals surface area (Å²) in [5.74, 6) is -0.640. The van der Waals surface area contributed by atoms with Crippen LogP contribution < -0.4 is 4.90 Å². The van der Waals surface area contributed by atoms with Gasteiger partial charge in [0.15, 0.2) is 5.13 Å². The largest absolute Gasteiger partial charge is 0.282 e. The number of thiazole rings is 1. The van der Waals surface area contributed by atoms with Gasteiger partial charge in [0.1, 0.15) is 11.3 Å². The van der Waals surface area contributed by atoms with Gasteiger partial charge in [0.05, 0.1) is 16.3 Å². The molecule has 0 N–H and O–H groups in total. The van der Waals surface area contributed by atoms with Gasteiger partial charge in [0.2, 0.25) is 0 Å². The molecule has 0 atom stereocenters. The quantitative estimate of drug-likeness (QED) is 0.490. The third-order valence-corrected chi connectivity index (χ3v) is 5.39. The summed E-state index contributed by atoms with van der Waals surface area (Å²) in [5.41, 5.74) is 1.05. The number of carbonyl (C=O) groups is 1. The first-order chi connectivity index (χ1) is 13.1. The minimum atomic E-state index is -0.388. The Hall–Kier alpha value is -2.77. The van der Waals surface area contributed by atoms with E-state index in [1.165, 1.54) is 35.6 Å². The highest BCUT2D eigenvalue weighted by Crippen LogP contribution is 2.33. The van der Waals surface area contributed by atoms with E-state index in [4.69, 9.17) is 11.6 Å². The Morgan fingerprint density at radius 1 is 1.19 bits per heavy atom. The molecule has 0 aliphatic heterocycles. The summed E-state index contributed by atoms with van der Waals surface area (Å²) in [7, 11) is 0. The lowest BCUT2D eigenvalue weighted by Gasteiger charge is -2.20. The monoisotopic (exact) mass is 400 g/mol. The molecule has 2 heterocycles. The second kappa shape index (κ2) is 7.46. The molecule has 2 aromatic heterocycles. The van der Waals surface area contributed by atoms with Crippen molar-refractivity contribution in [3.63, 3.8) is 0 Å². The molecule has 5 nitrogen and oxygen atoms in total. The van der Waals surface area contributed by atoms with Crippen LogP contribution in [0.3, 0.4) is 0 Å². The maximum Gasteiger partial charge on any atom is 0.260 e. The van der Waals surface area contributed by atoms with Gasteiger partial charge in [-0.2, -0.15) is 5.10 Å². The number of hydrogen-bond acceptors (Lipinski definition) is 4. The van der Waals surface area contributed by atoms with Crippen molar-refractivity contribution in [3.8, 4) is 0 Å². The number of hydrogen-bond donors (Lipinski definition) is 0. The van der Waals surface area contributed by atoms with Crippen molar-refractivity contribution >= 4 is 44.2 Å². The van der Waals surface area contributed by atoms with Crippen LogP contribution in [-0.4, -0.2) is 27.2 Å². The highest BCUT2D eigenvalue weighted by Gasteiger charge is 2.22. The maximum atomic E-state index is 13.2. The van der Waals surface area contributed by atoms with E-state index in [2.05, 4.69) is 10.1 Å². The number of halogens is 2. The zero-order valence-electron chi connectivity index (χ0n) is 14.0. The van der Waals surface area contributed by atoms with E-state index in [1.54, 1.807) is 21.8 Å². The lowest BCUT2D eigenvalue weighted by molar-refractivity contribution is 0.0985. The molecular formula is C19H14ClFN4OS. The average molecular weight is 401 g/mol. The standard InChI is InChI=1S/C19H14ClFN4OS/c20-15-3-1-4-16-17(15)23-19(27-16)25(12-11-24-10-2-9-22-24)18(26)13-5-7-14(21)8-6-13/h1-10H,11-12H2. The van der Waals surface area contributed by atoms with Crippen LogP contribution >= 0.6 is 22.9 Å². The summed E-state index contributed by atoms with van der Waals surface area (Å²) in [4.78, 5) is 19.2. The molecule has 0 saturated heterocycles. The van der Waals surface area contributed by atoms with Crippen molar-refractivity contribution in [2.75, 3.05) is 11.4 Å². The molecule has 2 aromatic carbocycles. The van der Waals surface area contributed by atoms with Gasteiger partial charge in [-0.05, 0) is 42.5 Å². The molecule has 4 aromatic rings. The predicted molar refractivity (Wildman–Crippen MR) is 105 cm³/mol. The lowest BCUT2D eigenvalue weighted by Crippen LogP contribution is -2.34. The Bertz CT molecular complexity index is 1080. The number of amides is 1. The summed E-state index contributed by atoms with van der Waals surface area (Å²) in [6.07, 6.45) is 3.51. The van der Waals surface area contributed by atoms with Crippen LogP contribution in [0.4, 0.5) is 9.52 Å². The molecule has 4 rings (SSSR count). The number of rotatable bonds is 5. The van der Waals surface area contributed by atoms with Gasteiger partial charge in [-0.15, -0.1) is 0 Å².